The smallest absolute Gasteiger partial charge is 0.0408 e. The van der Waals surface area contributed by atoms with Crippen LogP contribution in [0.3, 0.4) is 0 Å². The van der Waals surface area contributed by atoms with E-state index >= 15 is 0 Å². The highest BCUT2D eigenvalue weighted by atomic mass is 35.5. The lowest BCUT2D eigenvalue weighted by atomic mass is 9.97. The van der Waals surface area contributed by atoms with Gasteiger partial charge in [-0.1, -0.05) is 30.2 Å². The van der Waals surface area contributed by atoms with E-state index in [1.807, 2.05) is 6.07 Å². The third-order valence-corrected chi connectivity index (χ3v) is 4.89. The Morgan fingerprint density at radius 2 is 2.12 bits per heavy atom. The lowest BCUT2D eigenvalue weighted by Crippen LogP contribution is -2.31. The predicted octanol–water partition coefficient (Wildman–Crippen LogP) is 3.52. The summed E-state index contributed by atoms with van der Waals surface area (Å²) in [5.41, 5.74) is 1.36. The molecular formula is C15H20ClN. The van der Waals surface area contributed by atoms with Crippen LogP contribution in [0.4, 0.5) is 0 Å². The van der Waals surface area contributed by atoms with Crippen molar-refractivity contribution in [2.75, 3.05) is 7.05 Å². The van der Waals surface area contributed by atoms with Crippen molar-refractivity contribution >= 4 is 11.6 Å². The molecule has 0 bridgehead atoms. The molecule has 0 amide bonds. The van der Waals surface area contributed by atoms with Gasteiger partial charge in [0.15, 0.2) is 0 Å². The summed E-state index contributed by atoms with van der Waals surface area (Å²) in [6.07, 6.45) is 5.50. The largest absolute Gasteiger partial charge is 0.316 e. The summed E-state index contributed by atoms with van der Waals surface area (Å²) in [6, 6.07) is 8.94. The molecule has 2 aliphatic rings. The molecule has 1 aromatic rings. The summed E-state index contributed by atoms with van der Waals surface area (Å²) in [7, 11) is 2.10. The van der Waals surface area contributed by atoms with E-state index in [0.717, 1.165) is 29.2 Å². The maximum absolute atomic E-state index is 6.04. The molecule has 0 heterocycles. The summed E-state index contributed by atoms with van der Waals surface area (Å²) in [6.45, 7) is 0. The van der Waals surface area contributed by atoms with Crippen LogP contribution in [0.1, 0.15) is 24.8 Å². The van der Waals surface area contributed by atoms with Gasteiger partial charge in [0.2, 0.25) is 0 Å². The maximum Gasteiger partial charge on any atom is 0.0408 e. The molecule has 1 aromatic carbocycles. The summed E-state index contributed by atoms with van der Waals surface area (Å²) < 4.78 is 0. The van der Waals surface area contributed by atoms with Crippen molar-refractivity contribution in [1.82, 2.24) is 5.32 Å². The van der Waals surface area contributed by atoms with E-state index in [0.29, 0.717) is 6.04 Å². The van der Waals surface area contributed by atoms with E-state index in [9.17, 15) is 0 Å². The molecule has 1 nitrogen and oxygen atoms in total. The van der Waals surface area contributed by atoms with Gasteiger partial charge in [0.25, 0.3) is 0 Å². The van der Waals surface area contributed by atoms with Crippen LogP contribution in [0.25, 0.3) is 0 Å². The fourth-order valence-electron chi connectivity index (χ4n) is 3.82. The monoisotopic (exact) mass is 249 g/mol. The topological polar surface area (TPSA) is 12.0 Å². The van der Waals surface area contributed by atoms with Crippen molar-refractivity contribution in [2.24, 2.45) is 17.8 Å². The molecule has 0 saturated heterocycles. The van der Waals surface area contributed by atoms with Crippen LogP contribution in [0.5, 0.6) is 0 Å². The molecule has 0 aliphatic heterocycles. The Morgan fingerprint density at radius 1 is 1.35 bits per heavy atom. The van der Waals surface area contributed by atoms with Gasteiger partial charge < -0.3 is 5.32 Å². The van der Waals surface area contributed by atoms with Crippen LogP contribution in [-0.2, 0) is 6.42 Å². The van der Waals surface area contributed by atoms with E-state index in [4.69, 9.17) is 11.6 Å². The van der Waals surface area contributed by atoms with Gasteiger partial charge in [-0.05, 0) is 61.8 Å². The van der Waals surface area contributed by atoms with E-state index in [-0.39, 0.29) is 0 Å². The number of hydrogen-bond acceptors (Lipinski definition) is 1. The first-order valence-electron chi connectivity index (χ1n) is 6.71. The zero-order valence-corrected chi connectivity index (χ0v) is 11.1. The molecule has 2 saturated carbocycles. The maximum atomic E-state index is 6.04. The number of benzene rings is 1. The number of halogens is 1. The molecule has 3 unspecified atom stereocenters. The van der Waals surface area contributed by atoms with Gasteiger partial charge in [0.05, 0.1) is 0 Å². The van der Waals surface area contributed by atoms with Crippen LogP contribution in [0.2, 0.25) is 5.02 Å². The molecule has 1 N–H and O–H groups in total. The van der Waals surface area contributed by atoms with Crippen LogP contribution in [-0.4, -0.2) is 13.1 Å². The van der Waals surface area contributed by atoms with E-state index in [2.05, 4.69) is 30.6 Å². The highest BCUT2D eigenvalue weighted by Crippen LogP contribution is 2.59. The summed E-state index contributed by atoms with van der Waals surface area (Å²) in [5, 5.41) is 4.37. The third-order valence-electron chi connectivity index (χ3n) is 4.65. The van der Waals surface area contributed by atoms with E-state index < -0.39 is 0 Å². The van der Waals surface area contributed by atoms with Crippen molar-refractivity contribution in [1.29, 1.82) is 0 Å². The number of rotatable bonds is 4. The van der Waals surface area contributed by atoms with E-state index in [1.165, 1.54) is 24.8 Å². The first-order chi connectivity index (χ1) is 8.29. The van der Waals surface area contributed by atoms with Crippen LogP contribution in [0, 0.1) is 17.8 Å². The average Bonchev–Trinajstić information content (AvgIpc) is 2.80. The Balaban J connectivity index is 1.66. The minimum absolute atomic E-state index is 0.642. The highest BCUT2D eigenvalue weighted by Gasteiger charge is 2.55. The normalized spacial score (nSPS) is 32.2. The van der Waals surface area contributed by atoms with Crippen molar-refractivity contribution in [3.05, 3.63) is 34.9 Å². The SMILES string of the molecule is CNC(Cc1cccc(Cl)c1)C1C2CCCC21. The minimum atomic E-state index is 0.642. The fourth-order valence-corrected chi connectivity index (χ4v) is 4.04. The number of fused-ring (bicyclic) bond motifs is 1. The van der Waals surface area contributed by atoms with E-state index in [1.54, 1.807) is 0 Å². The molecule has 0 spiro atoms. The molecule has 3 rings (SSSR count). The lowest BCUT2D eigenvalue weighted by molar-refractivity contribution is 0.428. The number of hydrogen-bond donors (Lipinski definition) is 1. The molecule has 0 aromatic heterocycles. The predicted molar refractivity (Wildman–Crippen MR) is 72.3 cm³/mol. The molecule has 17 heavy (non-hydrogen) atoms. The third kappa shape index (κ3) is 2.23. The molecule has 2 fully saturated rings. The van der Waals surface area contributed by atoms with Gasteiger partial charge >= 0.3 is 0 Å². The first kappa shape index (κ1) is 11.6. The van der Waals surface area contributed by atoms with Crippen molar-refractivity contribution in [3.8, 4) is 0 Å². The second-order valence-electron chi connectivity index (χ2n) is 5.57. The highest BCUT2D eigenvalue weighted by molar-refractivity contribution is 6.30. The average molecular weight is 250 g/mol. The van der Waals surface area contributed by atoms with Crippen LogP contribution < -0.4 is 5.32 Å². The summed E-state index contributed by atoms with van der Waals surface area (Å²) >= 11 is 6.04. The Bertz CT molecular complexity index is 394. The molecular weight excluding hydrogens is 230 g/mol. The zero-order valence-electron chi connectivity index (χ0n) is 10.3. The Morgan fingerprint density at radius 3 is 2.76 bits per heavy atom. The van der Waals surface area contributed by atoms with Gasteiger partial charge in [-0.3, -0.25) is 0 Å². The first-order valence-corrected chi connectivity index (χ1v) is 7.09. The van der Waals surface area contributed by atoms with Crippen molar-refractivity contribution < 1.29 is 0 Å². The van der Waals surface area contributed by atoms with Crippen LogP contribution in [0.15, 0.2) is 24.3 Å². The van der Waals surface area contributed by atoms with Gasteiger partial charge in [0, 0.05) is 11.1 Å². The molecule has 92 valence electrons. The zero-order chi connectivity index (χ0) is 11.8. The Kier molecular flexibility index (Phi) is 3.14. The molecule has 3 atom stereocenters. The van der Waals surface area contributed by atoms with Crippen LogP contribution >= 0.6 is 11.6 Å². The van der Waals surface area contributed by atoms with Crippen molar-refractivity contribution in [2.45, 2.75) is 31.7 Å². The quantitative estimate of drug-likeness (QED) is 0.861. The van der Waals surface area contributed by atoms with Gasteiger partial charge in [-0.2, -0.15) is 0 Å². The summed E-state index contributed by atoms with van der Waals surface area (Å²) in [5.74, 6) is 2.96. The van der Waals surface area contributed by atoms with Gasteiger partial charge in [0.1, 0.15) is 0 Å². The number of nitrogens with one attached hydrogen (secondary N) is 1. The van der Waals surface area contributed by atoms with Gasteiger partial charge in [-0.15, -0.1) is 0 Å². The second-order valence-corrected chi connectivity index (χ2v) is 6.00. The van der Waals surface area contributed by atoms with Gasteiger partial charge in [-0.25, -0.2) is 0 Å². The summed E-state index contributed by atoms with van der Waals surface area (Å²) in [4.78, 5) is 0. The molecule has 0 radical (unpaired) electrons. The lowest BCUT2D eigenvalue weighted by Gasteiger charge is -2.18. The minimum Gasteiger partial charge on any atom is -0.316 e. The Labute approximate surface area is 109 Å². The molecule has 2 heteroatoms. The standard InChI is InChI=1S/C15H20ClN/c1-17-14(15-12-6-3-7-13(12)15)9-10-4-2-5-11(16)8-10/h2,4-5,8,12-15,17H,3,6-7,9H2,1H3. The second kappa shape index (κ2) is 4.62. The van der Waals surface area contributed by atoms with Crippen molar-refractivity contribution in [3.63, 3.8) is 0 Å². The molecule has 2 aliphatic carbocycles. The Hall–Kier alpha value is -0.530. The fraction of sp³-hybridized carbons (Fsp3) is 0.600. The number of likely N-dealkylation sites (N-methyl/N-ethyl adjacent to an activating group) is 1.